The fraction of sp³-hybridized carbons (Fsp3) is 0.520. The van der Waals surface area contributed by atoms with E-state index >= 15 is 0 Å². The molecule has 1 aliphatic heterocycles. The quantitative estimate of drug-likeness (QED) is 0.506. The molecule has 176 valence electrons. The summed E-state index contributed by atoms with van der Waals surface area (Å²) in [6, 6.07) is 8.17. The van der Waals surface area contributed by atoms with Gasteiger partial charge in [0, 0.05) is 17.3 Å². The average Bonchev–Trinajstić information content (AvgIpc) is 3.41. The summed E-state index contributed by atoms with van der Waals surface area (Å²) in [5.41, 5.74) is 3.09. The number of rotatable bonds is 8. The van der Waals surface area contributed by atoms with E-state index in [4.69, 9.17) is 4.42 Å². The predicted octanol–water partition coefficient (Wildman–Crippen LogP) is 4.47. The Bertz CT molecular complexity index is 1090. The number of benzene rings is 1. The first-order valence-electron chi connectivity index (χ1n) is 11.7. The van der Waals surface area contributed by atoms with Crippen LogP contribution in [0.4, 0.5) is 0 Å². The number of carbonyl (C=O) groups excluding carboxylic acids is 1. The summed E-state index contributed by atoms with van der Waals surface area (Å²) in [6.45, 7) is 8.38. The van der Waals surface area contributed by atoms with Crippen LogP contribution in [-0.4, -0.2) is 38.3 Å². The third-order valence-corrected chi connectivity index (χ3v) is 7.15. The van der Waals surface area contributed by atoms with Crippen LogP contribution in [0.1, 0.15) is 91.4 Å². The second-order valence-electron chi connectivity index (χ2n) is 9.14. The zero-order valence-electron chi connectivity index (χ0n) is 19.6. The predicted molar refractivity (Wildman–Crippen MR) is 127 cm³/mol. The minimum absolute atomic E-state index is 0.147. The minimum atomic E-state index is -0.960. The van der Waals surface area contributed by atoms with Crippen LogP contribution in [0.25, 0.3) is 0 Å². The lowest BCUT2D eigenvalue weighted by Crippen LogP contribution is -2.54. The molecule has 7 nitrogen and oxygen atoms in total. The molecule has 0 aliphatic carbocycles. The van der Waals surface area contributed by atoms with Crippen molar-refractivity contribution in [3.63, 3.8) is 0 Å². The number of aromatic nitrogens is 3. The van der Waals surface area contributed by atoms with Gasteiger partial charge in [0.1, 0.15) is 5.92 Å². The number of nitrogens with zero attached hydrogens (tertiary/aromatic N) is 3. The smallest absolute Gasteiger partial charge is 0.235 e. The number of amides is 1. The van der Waals surface area contributed by atoms with Crippen LogP contribution in [0.15, 0.2) is 34.1 Å². The number of aliphatic hydroxyl groups is 1. The van der Waals surface area contributed by atoms with Gasteiger partial charge in [0.25, 0.3) is 0 Å². The lowest BCUT2D eigenvalue weighted by molar-refractivity contribution is -0.131. The van der Waals surface area contributed by atoms with Crippen molar-refractivity contribution < 1.29 is 14.3 Å². The van der Waals surface area contributed by atoms with Crippen molar-refractivity contribution in [2.45, 2.75) is 83.3 Å². The molecule has 4 rings (SSSR count). The van der Waals surface area contributed by atoms with Crippen LogP contribution in [0.2, 0.25) is 0 Å². The number of hydrogen-bond acceptors (Lipinski definition) is 7. The lowest BCUT2D eigenvalue weighted by atomic mass is 9.75. The molecule has 0 spiro atoms. The molecular formula is C25H32N4O3S. The van der Waals surface area contributed by atoms with Crippen LogP contribution in [0.5, 0.6) is 0 Å². The Kier molecular flexibility index (Phi) is 7.24. The van der Waals surface area contributed by atoms with Crippen molar-refractivity contribution in [3.8, 4) is 0 Å². The van der Waals surface area contributed by atoms with Crippen molar-refractivity contribution >= 4 is 17.2 Å². The molecule has 1 aliphatic rings. The molecule has 2 aromatic heterocycles. The van der Waals surface area contributed by atoms with Gasteiger partial charge in [-0.25, -0.2) is 4.98 Å². The Morgan fingerprint density at radius 3 is 2.79 bits per heavy atom. The summed E-state index contributed by atoms with van der Waals surface area (Å²) < 4.78 is 5.86. The van der Waals surface area contributed by atoms with E-state index < -0.39 is 12.0 Å². The Labute approximate surface area is 198 Å². The van der Waals surface area contributed by atoms with Crippen molar-refractivity contribution in [2.24, 2.45) is 0 Å². The van der Waals surface area contributed by atoms with Crippen LogP contribution >= 0.6 is 11.3 Å². The van der Waals surface area contributed by atoms with Crippen molar-refractivity contribution in [1.29, 1.82) is 0 Å². The summed E-state index contributed by atoms with van der Waals surface area (Å²) in [7, 11) is 0. The van der Waals surface area contributed by atoms with Crippen LogP contribution in [-0.2, 0) is 11.2 Å². The minimum Gasteiger partial charge on any atom is -0.424 e. The molecular weight excluding hydrogens is 436 g/mol. The molecule has 33 heavy (non-hydrogen) atoms. The maximum atomic E-state index is 13.1. The maximum Gasteiger partial charge on any atom is 0.235 e. The molecule has 1 fully saturated rings. The Hall–Kier alpha value is -2.58. The lowest BCUT2D eigenvalue weighted by Gasteiger charge is -2.40. The summed E-state index contributed by atoms with van der Waals surface area (Å²) >= 11 is 1.56. The molecule has 3 heterocycles. The van der Waals surface area contributed by atoms with Gasteiger partial charge < -0.3 is 14.8 Å². The van der Waals surface area contributed by atoms with E-state index in [1.807, 2.05) is 24.4 Å². The maximum absolute atomic E-state index is 13.1. The van der Waals surface area contributed by atoms with E-state index in [-0.39, 0.29) is 23.8 Å². The van der Waals surface area contributed by atoms with Gasteiger partial charge in [0.2, 0.25) is 17.7 Å². The topological polar surface area (TPSA) is 101 Å². The molecule has 1 aromatic carbocycles. The highest BCUT2D eigenvalue weighted by Gasteiger charge is 2.47. The van der Waals surface area contributed by atoms with E-state index in [0.717, 1.165) is 35.5 Å². The summed E-state index contributed by atoms with van der Waals surface area (Å²) in [6.07, 6.45) is 2.24. The second kappa shape index (κ2) is 10.1. The van der Waals surface area contributed by atoms with E-state index in [0.29, 0.717) is 18.2 Å². The molecule has 1 saturated heterocycles. The van der Waals surface area contributed by atoms with Crippen LogP contribution < -0.4 is 5.32 Å². The zero-order valence-corrected chi connectivity index (χ0v) is 20.4. The summed E-state index contributed by atoms with van der Waals surface area (Å²) in [4.78, 5) is 17.5. The van der Waals surface area contributed by atoms with Gasteiger partial charge in [0.05, 0.1) is 23.2 Å². The first-order valence-corrected chi connectivity index (χ1v) is 12.6. The van der Waals surface area contributed by atoms with Crippen molar-refractivity contribution in [2.75, 3.05) is 0 Å². The Morgan fingerprint density at radius 2 is 2.09 bits per heavy atom. The highest BCUT2D eigenvalue weighted by Crippen LogP contribution is 2.39. The molecule has 0 saturated carbocycles. The molecule has 2 N–H and O–H groups in total. The first kappa shape index (κ1) is 23.6. The Morgan fingerprint density at radius 1 is 1.27 bits per heavy atom. The molecule has 1 amide bonds. The molecule has 8 heteroatoms. The number of unbranched alkanes of at least 4 members (excludes halogenated alkanes) is 1. The molecule has 0 bridgehead atoms. The third kappa shape index (κ3) is 5.17. The largest absolute Gasteiger partial charge is 0.424 e. The fourth-order valence-electron chi connectivity index (χ4n) is 4.56. The van der Waals surface area contributed by atoms with Crippen molar-refractivity contribution in [3.05, 3.63) is 63.3 Å². The number of carbonyl (C=O) groups is 1. The average molecular weight is 469 g/mol. The van der Waals surface area contributed by atoms with Crippen LogP contribution in [0.3, 0.4) is 0 Å². The highest BCUT2D eigenvalue weighted by molar-refractivity contribution is 7.09. The van der Waals surface area contributed by atoms with Gasteiger partial charge in [-0.3, -0.25) is 4.79 Å². The van der Waals surface area contributed by atoms with Gasteiger partial charge in [0.15, 0.2) is 0 Å². The number of piperidine rings is 1. The summed E-state index contributed by atoms with van der Waals surface area (Å²) in [5, 5.41) is 25.9. The molecule has 4 unspecified atom stereocenters. The van der Waals surface area contributed by atoms with E-state index in [1.165, 1.54) is 5.56 Å². The Balaban J connectivity index is 1.63. The number of aryl methyl sites for hydroxylation is 1. The normalized spacial score (nSPS) is 23.2. The van der Waals surface area contributed by atoms with Gasteiger partial charge in [-0.1, -0.05) is 57.9 Å². The van der Waals surface area contributed by atoms with Gasteiger partial charge >= 0.3 is 0 Å². The molecule has 4 atom stereocenters. The fourth-order valence-corrected chi connectivity index (χ4v) is 5.17. The highest BCUT2D eigenvalue weighted by atomic mass is 32.1. The van der Waals surface area contributed by atoms with Crippen molar-refractivity contribution in [1.82, 2.24) is 20.5 Å². The number of hydrogen-bond donors (Lipinski definition) is 2. The monoisotopic (exact) mass is 468 g/mol. The molecule has 3 aromatic rings. The first-order chi connectivity index (χ1) is 15.9. The zero-order chi connectivity index (χ0) is 23.5. The van der Waals surface area contributed by atoms with Crippen LogP contribution in [0, 0.1) is 6.92 Å². The number of thiazole rings is 1. The van der Waals surface area contributed by atoms with Gasteiger partial charge in [-0.2, -0.15) is 0 Å². The number of nitrogens with one attached hydrogen (secondary N) is 1. The van der Waals surface area contributed by atoms with Gasteiger partial charge in [-0.15, -0.1) is 21.5 Å². The standard InChI is InChI=1S/C25H32N4O3S/c1-5-6-10-19-21(17-9-7-8-16(11-17)14(2)3)23(30)22(24(31)27-19)25-29-28-20(32-25)12-18-13-33-15(4)26-18/h7-9,11,13-14,19,21-23,30H,5-6,10,12H2,1-4H3,(H,27,31). The van der Waals surface area contributed by atoms with E-state index in [2.05, 4.69) is 53.4 Å². The van der Waals surface area contributed by atoms with Gasteiger partial charge in [-0.05, 0) is 30.4 Å². The molecule has 0 radical (unpaired) electrons. The van der Waals surface area contributed by atoms with E-state index in [9.17, 15) is 9.90 Å². The second-order valence-corrected chi connectivity index (χ2v) is 10.2. The SMILES string of the molecule is CCCCC1NC(=O)C(c2nnc(Cc3csc(C)n3)o2)C(O)C1c1cccc(C(C)C)c1. The third-order valence-electron chi connectivity index (χ3n) is 6.33. The number of aliphatic hydroxyl groups excluding tert-OH is 1. The van der Waals surface area contributed by atoms with E-state index in [1.54, 1.807) is 11.3 Å². The summed E-state index contributed by atoms with van der Waals surface area (Å²) in [5.74, 6) is -0.510.